The Morgan fingerprint density at radius 1 is 0.960 bits per heavy atom. The highest BCUT2D eigenvalue weighted by molar-refractivity contribution is 6.31. The third-order valence-corrected chi connectivity index (χ3v) is 4.18. The maximum Gasteiger partial charge on any atom is 0.141 e. The Bertz CT molecular complexity index is 1100. The molecule has 0 aliphatic heterocycles. The van der Waals surface area contributed by atoms with E-state index >= 15 is 0 Å². The van der Waals surface area contributed by atoms with E-state index in [1.807, 2.05) is 24.3 Å². The highest BCUT2D eigenvalue weighted by atomic mass is 35.5. The quantitative estimate of drug-likeness (QED) is 0.567. The Morgan fingerprint density at radius 2 is 1.84 bits per heavy atom. The summed E-state index contributed by atoms with van der Waals surface area (Å²) in [5.74, 6) is -0.467. The molecule has 0 saturated heterocycles. The Kier molecular flexibility index (Phi) is 3.78. The summed E-state index contributed by atoms with van der Waals surface area (Å²) in [6.45, 7) is 0. The molecule has 4 rings (SSSR count). The average molecular weight is 351 g/mol. The van der Waals surface area contributed by atoms with Crippen molar-refractivity contribution in [3.63, 3.8) is 0 Å². The van der Waals surface area contributed by atoms with Crippen molar-refractivity contribution >= 4 is 28.3 Å². The summed E-state index contributed by atoms with van der Waals surface area (Å²) in [7, 11) is 0. The van der Waals surface area contributed by atoms with E-state index in [-0.39, 0.29) is 5.02 Å². The molecule has 0 saturated carbocycles. The summed E-state index contributed by atoms with van der Waals surface area (Å²) in [5, 5.41) is 0.0500. The molecule has 0 radical (unpaired) electrons. The molecule has 0 bridgehead atoms. The number of hydrogen-bond donors (Lipinski definition) is 1. The highest BCUT2D eigenvalue weighted by Crippen LogP contribution is 2.32. The monoisotopic (exact) mass is 350 g/mol. The van der Waals surface area contributed by atoms with Crippen LogP contribution in [0.3, 0.4) is 0 Å². The predicted molar refractivity (Wildman–Crippen MR) is 97.6 cm³/mol. The van der Waals surface area contributed by atoms with Crippen LogP contribution in [0.15, 0.2) is 60.9 Å². The molecular weight excluding hydrogens is 339 g/mol. The van der Waals surface area contributed by atoms with Gasteiger partial charge in [-0.15, -0.1) is 0 Å². The smallest absolute Gasteiger partial charge is 0.141 e. The van der Waals surface area contributed by atoms with Crippen LogP contribution in [-0.2, 0) is 0 Å². The molecule has 1 aromatic carbocycles. The van der Waals surface area contributed by atoms with Crippen LogP contribution in [0, 0.1) is 5.82 Å². The van der Waals surface area contributed by atoms with E-state index in [0.29, 0.717) is 28.2 Å². The van der Waals surface area contributed by atoms with E-state index < -0.39 is 5.82 Å². The number of pyridine rings is 3. The second-order valence-corrected chi connectivity index (χ2v) is 5.90. The highest BCUT2D eigenvalue weighted by Gasteiger charge is 2.13. The van der Waals surface area contributed by atoms with E-state index in [1.54, 1.807) is 30.6 Å². The summed E-state index contributed by atoms with van der Waals surface area (Å²) in [6, 6.07) is 13.7. The van der Waals surface area contributed by atoms with E-state index in [1.165, 1.54) is 6.07 Å². The molecule has 0 amide bonds. The van der Waals surface area contributed by atoms with Gasteiger partial charge in [0.2, 0.25) is 0 Å². The molecule has 122 valence electrons. The summed E-state index contributed by atoms with van der Waals surface area (Å²) in [5.41, 5.74) is 10.8. The standard InChI is InChI=1S/C19H12ClFN4/c20-13-10-11(3-4-14(13)21)18-12(2-1-8-24-18)16-5-6-17-19(25-16)15(22)7-9-23-17/h1-10H,(H2,22,23). The van der Waals surface area contributed by atoms with Gasteiger partial charge in [0.25, 0.3) is 0 Å². The average Bonchev–Trinajstić information content (AvgIpc) is 2.64. The van der Waals surface area contributed by atoms with E-state index in [0.717, 1.165) is 11.1 Å². The predicted octanol–water partition coefficient (Wildman–Crippen LogP) is 4.73. The van der Waals surface area contributed by atoms with Crippen LogP contribution in [0.2, 0.25) is 5.02 Å². The Labute approximate surface area is 148 Å². The maximum atomic E-state index is 13.5. The molecular formula is C19H12ClFN4. The number of halogens is 2. The van der Waals surface area contributed by atoms with E-state index in [9.17, 15) is 4.39 Å². The number of benzene rings is 1. The Hall–Kier alpha value is -3.05. The van der Waals surface area contributed by atoms with E-state index in [2.05, 4.69) is 15.0 Å². The summed E-state index contributed by atoms with van der Waals surface area (Å²) < 4.78 is 13.5. The van der Waals surface area contributed by atoms with Gasteiger partial charge >= 0.3 is 0 Å². The van der Waals surface area contributed by atoms with Gasteiger partial charge in [0.05, 0.1) is 27.6 Å². The van der Waals surface area contributed by atoms with Crippen molar-refractivity contribution in [1.29, 1.82) is 0 Å². The number of fused-ring (bicyclic) bond motifs is 1. The normalized spacial score (nSPS) is 11.0. The van der Waals surface area contributed by atoms with Gasteiger partial charge in [0, 0.05) is 23.5 Å². The molecule has 6 heteroatoms. The van der Waals surface area contributed by atoms with Crippen molar-refractivity contribution in [3.8, 4) is 22.5 Å². The molecule has 3 heterocycles. The molecule has 2 N–H and O–H groups in total. The lowest BCUT2D eigenvalue weighted by atomic mass is 10.0. The minimum absolute atomic E-state index is 0.0500. The summed E-state index contributed by atoms with van der Waals surface area (Å²) in [4.78, 5) is 13.3. The van der Waals surface area contributed by atoms with Crippen molar-refractivity contribution in [3.05, 3.63) is 71.8 Å². The first-order chi connectivity index (χ1) is 12.1. The van der Waals surface area contributed by atoms with E-state index in [4.69, 9.17) is 17.3 Å². The maximum absolute atomic E-state index is 13.5. The second-order valence-electron chi connectivity index (χ2n) is 5.49. The number of hydrogen-bond acceptors (Lipinski definition) is 4. The van der Waals surface area contributed by atoms with Crippen LogP contribution in [0.4, 0.5) is 10.1 Å². The van der Waals surface area contributed by atoms with Crippen LogP contribution >= 0.6 is 11.6 Å². The van der Waals surface area contributed by atoms with Gasteiger partial charge in [-0.2, -0.15) is 0 Å². The molecule has 0 aliphatic carbocycles. The number of rotatable bonds is 2. The lowest BCUT2D eigenvalue weighted by Crippen LogP contribution is -1.95. The van der Waals surface area contributed by atoms with Crippen molar-refractivity contribution in [2.45, 2.75) is 0 Å². The van der Waals surface area contributed by atoms with Gasteiger partial charge in [-0.1, -0.05) is 11.6 Å². The zero-order chi connectivity index (χ0) is 17.4. The zero-order valence-electron chi connectivity index (χ0n) is 12.9. The Balaban J connectivity index is 1.92. The van der Waals surface area contributed by atoms with Crippen LogP contribution in [0.1, 0.15) is 0 Å². The molecule has 3 aromatic heterocycles. The summed E-state index contributed by atoms with van der Waals surface area (Å²) >= 11 is 5.92. The SMILES string of the molecule is Nc1ccnc2ccc(-c3cccnc3-c3ccc(F)c(Cl)c3)nc12. The van der Waals surface area contributed by atoms with Gasteiger partial charge in [-0.3, -0.25) is 9.97 Å². The minimum atomic E-state index is -0.467. The summed E-state index contributed by atoms with van der Waals surface area (Å²) in [6.07, 6.45) is 3.32. The molecule has 0 unspecified atom stereocenters. The Morgan fingerprint density at radius 3 is 2.68 bits per heavy atom. The number of aromatic nitrogens is 3. The molecule has 25 heavy (non-hydrogen) atoms. The minimum Gasteiger partial charge on any atom is -0.397 e. The van der Waals surface area contributed by atoms with Gasteiger partial charge in [-0.05, 0) is 48.5 Å². The first-order valence-corrected chi connectivity index (χ1v) is 7.93. The van der Waals surface area contributed by atoms with Crippen LogP contribution in [-0.4, -0.2) is 15.0 Å². The van der Waals surface area contributed by atoms with Crippen LogP contribution in [0.25, 0.3) is 33.5 Å². The van der Waals surface area contributed by atoms with Gasteiger partial charge < -0.3 is 5.73 Å². The lowest BCUT2D eigenvalue weighted by Gasteiger charge is -2.10. The topological polar surface area (TPSA) is 64.7 Å². The fourth-order valence-electron chi connectivity index (χ4n) is 2.68. The third kappa shape index (κ3) is 2.79. The number of nitrogens with zero attached hydrogens (tertiary/aromatic N) is 3. The van der Waals surface area contributed by atoms with Gasteiger partial charge in [0.15, 0.2) is 0 Å². The van der Waals surface area contributed by atoms with Gasteiger partial charge in [-0.25, -0.2) is 9.37 Å². The number of anilines is 1. The number of nitrogens with two attached hydrogens (primary N) is 1. The van der Waals surface area contributed by atoms with Gasteiger partial charge in [0.1, 0.15) is 11.3 Å². The van der Waals surface area contributed by atoms with Crippen LogP contribution in [0.5, 0.6) is 0 Å². The van der Waals surface area contributed by atoms with Crippen molar-refractivity contribution in [2.75, 3.05) is 5.73 Å². The molecule has 4 aromatic rings. The van der Waals surface area contributed by atoms with Crippen LogP contribution < -0.4 is 5.73 Å². The second kappa shape index (κ2) is 6.11. The van der Waals surface area contributed by atoms with Crippen molar-refractivity contribution in [2.24, 2.45) is 0 Å². The number of nitrogen functional groups attached to an aromatic ring is 1. The molecule has 0 atom stereocenters. The fourth-order valence-corrected chi connectivity index (χ4v) is 2.86. The molecule has 0 fully saturated rings. The third-order valence-electron chi connectivity index (χ3n) is 3.89. The molecule has 0 spiro atoms. The van der Waals surface area contributed by atoms with Crippen molar-refractivity contribution < 1.29 is 4.39 Å². The lowest BCUT2D eigenvalue weighted by molar-refractivity contribution is 0.628. The fraction of sp³-hybridized carbons (Fsp3) is 0. The van der Waals surface area contributed by atoms with Crippen molar-refractivity contribution in [1.82, 2.24) is 15.0 Å². The molecule has 4 nitrogen and oxygen atoms in total. The first-order valence-electron chi connectivity index (χ1n) is 7.55. The molecule has 0 aliphatic rings. The first kappa shape index (κ1) is 15.5. The largest absolute Gasteiger partial charge is 0.397 e. The zero-order valence-corrected chi connectivity index (χ0v) is 13.7.